The van der Waals surface area contributed by atoms with Crippen molar-refractivity contribution in [2.24, 2.45) is 0 Å². The van der Waals surface area contributed by atoms with E-state index < -0.39 is 0 Å². The van der Waals surface area contributed by atoms with Crippen LogP contribution in [0.15, 0.2) is 30.3 Å². The number of nitrogens with zero attached hydrogens (tertiary/aromatic N) is 2. The molecule has 0 spiro atoms. The van der Waals surface area contributed by atoms with Gasteiger partial charge in [0, 0.05) is 17.8 Å². The molecule has 0 saturated heterocycles. The van der Waals surface area contributed by atoms with E-state index in [0.717, 1.165) is 12.1 Å². The molecule has 5 nitrogen and oxygen atoms in total. The molecule has 25 heavy (non-hydrogen) atoms. The van der Waals surface area contributed by atoms with Crippen molar-refractivity contribution < 1.29 is 4.79 Å². The van der Waals surface area contributed by atoms with Gasteiger partial charge in [0.25, 0.3) is 5.91 Å². The molecule has 1 aromatic carbocycles. The summed E-state index contributed by atoms with van der Waals surface area (Å²) in [6.45, 7) is 12.3. The molecule has 2 rings (SSSR count). The number of hydrogen-bond acceptors (Lipinski definition) is 4. The maximum absolute atomic E-state index is 12.4. The molecule has 0 bridgehead atoms. The number of carbonyl (C=O) groups is 1. The predicted octanol–water partition coefficient (Wildman–Crippen LogP) is 4.35. The van der Waals surface area contributed by atoms with Crippen molar-refractivity contribution in [3.8, 4) is 0 Å². The topological polar surface area (TPSA) is 66.9 Å². The predicted molar refractivity (Wildman–Crippen MR) is 102 cm³/mol. The second-order valence-corrected chi connectivity index (χ2v) is 7.39. The Labute approximate surface area is 150 Å². The molecule has 0 saturated carbocycles. The lowest BCUT2D eigenvalue weighted by Crippen LogP contribution is -2.32. The van der Waals surface area contributed by atoms with E-state index in [1.54, 1.807) is 13.0 Å². The van der Waals surface area contributed by atoms with Gasteiger partial charge in [0.2, 0.25) is 0 Å². The summed E-state index contributed by atoms with van der Waals surface area (Å²) in [6, 6.07) is 9.96. The van der Waals surface area contributed by atoms with Crippen molar-refractivity contribution >= 4 is 17.4 Å². The summed E-state index contributed by atoms with van der Waals surface area (Å²) in [5, 5.41) is 6.29. The van der Waals surface area contributed by atoms with Gasteiger partial charge < -0.3 is 10.6 Å². The zero-order valence-electron chi connectivity index (χ0n) is 16.0. The number of carbonyl (C=O) groups excluding carboxylic acids is 1. The Bertz CT molecular complexity index is 750. The van der Waals surface area contributed by atoms with Crippen LogP contribution < -0.4 is 10.6 Å². The standard InChI is InChI=1S/C20H28N4O/c1-7-13(2)21-19(25)17-12-18(23-14(3)22-17)24-16-11-9-8-10-15(16)20(4,5)6/h8-13H,7H2,1-6H3,(H,21,25)(H,22,23,24). The van der Waals surface area contributed by atoms with Crippen LogP contribution in [0.25, 0.3) is 0 Å². The molecule has 5 heteroatoms. The molecule has 1 heterocycles. The highest BCUT2D eigenvalue weighted by molar-refractivity contribution is 5.93. The number of aryl methyl sites for hydroxylation is 1. The van der Waals surface area contributed by atoms with Crippen molar-refractivity contribution in [3.05, 3.63) is 47.4 Å². The average Bonchev–Trinajstić information content (AvgIpc) is 2.53. The van der Waals surface area contributed by atoms with Gasteiger partial charge in [0.15, 0.2) is 0 Å². The highest BCUT2D eigenvalue weighted by Crippen LogP contribution is 2.30. The normalized spacial score (nSPS) is 12.6. The molecule has 2 N–H and O–H groups in total. The zero-order chi connectivity index (χ0) is 18.6. The maximum atomic E-state index is 12.4. The van der Waals surface area contributed by atoms with E-state index in [-0.39, 0.29) is 17.4 Å². The molecule has 1 aromatic heterocycles. The molecule has 1 amide bonds. The Morgan fingerprint density at radius 2 is 1.88 bits per heavy atom. The quantitative estimate of drug-likeness (QED) is 0.849. The third kappa shape index (κ3) is 5.02. The molecule has 1 unspecified atom stereocenters. The molecule has 0 fully saturated rings. The van der Waals surface area contributed by atoms with Crippen molar-refractivity contribution in [1.82, 2.24) is 15.3 Å². The highest BCUT2D eigenvalue weighted by atomic mass is 16.1. The van der Waals surface area contributed by atoms with Gasteiger partial charge in [-0.15, -0.1) is 0 Å². The van der Waals surface area contributed by atoms with Gasteiger partial charge in [-0.2, -0.15) is 0 Å². The number of hydrogen-bond donors (Lipinski definition) is 2. The first kappa shape index (κ1) is 18.9. The van der Waals surface area contributed by atoms with Crippen LogP contribution in [0.3, 0.4) is 0 Å². The number of benzene rings is 1. The Balaban J connectivity index is 2.32. The molecule has 0 aliphatic heterocycles. The van der Waals surface area contributed by atoms with Gasteiger partial charge in [-0.1, -0.05) is 45.9 Å². The summed E-state index contributed by atoms with van der Waals surface area (Å²) in [4.78, 5) is 21.1. The SMILES string of the molecule is CCC(C)NC(=O)c1cc(Nc2ccccc2C(C)(C)C)nc(C)n1. The molecular weight excluding hydrogens is 312 g/mol. The average molecular weight is 340 g/mol. The lowest BCUT2D eigenvalue weighted by molar-refractivity contribution is 0.0934. The van der Waals surface area contributed by atoms with Crippen LogP contribution in [0.2, 0.25) is 0 Å². The summed E-state index contributed by atoms with van der Waals surface area (Å²) in [5.74, 6) is 1.01. The van der Waals surface area contributed by atoms with E-state index in [2.05, 4.69) is 47.4 Å². The maximum Gasteiger partial charge on any atom is 0.270 e. The first-order chi connectivity index (χ1) is 11.7. The molecule has 0 aliphatic rings. The minimum absolute atomic E-state index is 0.00241. The minimum Gasteiger partial charge on any atom is -0.348 e. The van der Waals surface area contributed by atoms with Crippen LogP contribution in [0.4, 0.5) is 11.5 Å². The van der Waals surface area contributed by atoms with Crippen LogP contribution in [0.1, 0.15) is 62.9 Å². The number of aromatic nitrogens is 2. The van der Waals surface area contributed by atoms with Crippen molar-refractivity contribution in [3.63, 3.8) is 0 Å². The van der Waals surface area contributed by atoms with Gasteiger partial charge in [0.05, 0.1) is 0 Å². The summed E-state index contributed by atoms with van der Waals surface area (Å²) >= 11 is 0. The minimum atomic E-state index is -0.174. The molecule has 134 valence electrons. The van der Waals surface area contributed by atoms with Crippen molar-refractivity contribution in [2.75, 3.05) is 5.32 Å². The Morgan fingerprint density at radius 3 is 2.52 bits per heavy atom. The Morgan fingerprint density at radius 1 is 1.20 bits per heavy atom. The fourth-order valence-corrected chi connectivity index (χ4v) is 2.53. The Hall–Kier alpha value is -2.43. The van der Waals surface area contributed by atoms with Gasteiger partial charge in [-0.3, -0.25) is 4.79 Å². The number of rotatable bonds is 5. The summed E-state index contributed by atoms with van der Waals surface area (Å²) in [6.07, 6.45) is 0.875. The van der Waals surface area contributed by atoms with Gasteiger partial charge in [-0.05, 0) is 37.3 Å². The molecule has 2 aromatic rings. The summed E-state index contributed by atoms with van der Waals surface area (Å²) in [7, 11) is 0. The lowest BCUT2D eigenvalue weighted by atomic mass is 9.86. The van der Waals surface area contributed by atoms with E-state index in [4.69, 9.17) is 0 Å². The second kappa shape index (κ2) is 7.64. The van der Waals surface area contributed by atoms with Crippen molar-refractivity contribution in [2.45, 2.75) is 59.4 Å². The van der Waals surface area contributed by atoms with E-state index in [1.807, 2.05) is 32.0 Å². The van der Waals surface area contributed by atoms with Crippen LogP contribution in [-0.2, 0) is 5.41 Å². The first-order valence-corrected chi connectivity index (χ1v) is 8.73. The fourth-order valence-electron chi connectivity index (χ4n) is 2.53. The number of para-hydroxylation sites is 1. The van der Waals surface area contributed by atoms with E-state index in [9.17, 15) is 4.79 Å². The van der Waals surface area contributed by atoms with Crippen LogP contribution in [0, 0.1) is 6.92 Å². The fraction of sp³-hybridized carbons (Fsp3) is 0.450. The summed E-state index contributed by atoms with van der Waals surface area (Å²) in [5.41, 5.74) is 2.56. The van der Waals surface area contributed by atoms with E-state index in [1.165, 1.54) is 5.56 Å². The monoisotopic (exact) mass is 340 g/mol. The van der Waals surface area contributed by atoms with E-state index in [0.29, 0.717) is 17.3 Å². The molecular formula is C20H28N4O. The third-order valence-electron chi connectivity index (χ3n) is 4.06. The van der Waals surface area contributed by atoms with E-state index >= 15 is 0 Å². The highest BCUT2D eigenvalue weighted by Gasteiger charge is 2.18. The van der Waals surface area contributed by atoms with Crippen LogP contribution >= 0.6 is 0 Å². The first-order valence-electron chi connectivity index (χ1n) is 8.73. The smallest absolute Gasteiger partial charge is 0.270 e. The number of nitrogens with one attached hydrogen (secondary N) is 2. The number of anilines is 2. The summed E-state index contributed by atoms with van der Waals surface area (Å²) < 4.78 is 0. The second-order valence-electron chi connectivity index (χ2n) is 7.39. The third-order valence-corrected chi connectivity index (χ3v) is 4.06. The number of amides is 1. The van der Waals surface area contributed by atoms with Crippen molar-refractivity contribution in [1.29, 1.82) is 0 Å². The lowest BCUT2D eigenvalue weighted by Gasteiger charge is -2.23. The van der Waals surface area contributed by atoms with Gasteiger partial charge in [-0.25, -0.2) is 9.97 Å². The molecule has 0 radical (unpaired) electrons. The van der Waals surface area contributed by atoms with Gasteiger partial charge >= 0.3 is 0 Å². The van der Waals surface area contributed by atoms with Gasteiger partial charge in [0.1, 0.15) is 17.3 Å². The van der Waals surface area contributed by atoms with Crippen LogP contribution in [-0.4, -0.2) is 21.9 Å². The largest absolute Gasteiger partial charge is 0.348 e. The molecule has 0 aliphatic carbocycles. The zero-order valence-corrected chi connectivity index (χ0v) is 16.0. The molecule has 1 atom stereocenters. The van der Waals surface area contributed by atoms with Crippen LogP contribution in [0.5, 0.6) is 0 Å². The Kier molecular flexibility index (Phi) is 5.77.